The Hall–Kier alpha value is -2.80. The molecule has 0 bridgehead atoms. The summed E-state index contributed by atoms with van der Waals surface area (Å²) in [5.41, 5.74) is 1.20. The lowest BCUT2D eigenvalue weighted by atomic mass is 10.3. The fraction of sp³-hybridized carbons (Fsp3) is 0.294. The first-order chi connectivity index (χ1) is 11.6. The van der Waals surface area contributed by atoms with Gasteiger partial charge in [-0.2, -0.15) is 0 Å². The lowest BCUT2D eigenvalue weighted by Gasteiger charge is -2.04. The number of nitrogens with zero attached hydrogens (tertiary/aromatic N) is 2. The zero-order chi connectivity index (χ0) is 17.8. The van der Waals surface area contributed by atoms with Crippen LogP contribution in [0.4, 0.5) is 0 Å². The largest absolute Gasteiger partial charge is 0.464 e. The van der Waals surface area contributed by atoms with Crippen LogP contribution >= 0.6 is 0 Å². The highest BCUT2D eigenvalue weighted by molar-refractivity contribution is 5.89. The van der Waals surface area contributed by atoms with Gasteiger partial charge >= 0.3 is 11.9 Å². The number of rotatable bonds is 9. The van der Waals surface area contributed by atoms with Gasteiger partial charge in [-0.3, -0.25) is 4.99 Å². The lowest BCUT2D eigenvalue weighted by molar-refractivity contribution is -0.136. The lowest BCUT2D eigenvalue weighted by Crippen LogP contribution is -2.16. The average Bonchev–Trinajstić information content (AvgIpc) is 2.63. The van der Waals surface area contributed by atoms with Gasteiger partial charge in [-0.25, -0.2) is 14.6 Å². The van der Waals surface area contributed by atoms with Crippen LogP contribution in [-0.2, 0) is 20.8 Å². The smallest absolute Gasteiger partial charge is 0.356 e. The van der Waals surface area contributed by atoms with Crippen molar-refractivity contribution >= 4 is 18.7 Å². The van der Waals surface area contributed by atoms with Gasteiger partial charge < -0.3 is 14.8 Å². The third kappa shape index (κ3) is 6.53. The monoisotopic (exact) mass is 331 g/mol. The first-order valence-electron chi connectivity index (χ1n) is 7.29. The molecule has 0 aliphatic rings. The van der Waals surface area contributed by atoms with E-state index in [-0.39, 0.29) is 11.4 Å². The molecule has 0 radical (unpaired) electrons. The number of carbonyl (C=O) groups is 2. The Balaban J connectivity index is 2.38. The zero-order valence-electron chi connectivity index (χ0n) is 13.8. The molecule has 0 atom stereocenters. The molecule has 0 spiro atoms. The van der Waals surface area contributed by atoms with E-state index in [1.54, 1.807) is 24.3 Å². The van der Waals surface area contributed by atoms with Gasteiger partial charge in [0.1, 0.15) is 11.4 Å². The van der Waals surface area contributed by atoms with Crippen LogP contribution in [0, 0.1) is 0 Å². The van der Waals surface area contributed by atoms with Crippen LogP contribution in [0.3, 0.4) is 0 Å². The third-order valence-corrected chi connectivity index (χ3v) is 2.95. The third-order valence-electron chi connectivity index (χ3n) is 2.95. The molecule has 1 rings (SSSR count). The molecule has 1 heterocycles. The van der Waals surface area contributed by atoms with Crippen molar-refractivity contribution in [3.63, 3.8) is 0 Å². The molecule has 0 aliphatic carbocycles. The topological polar surface area (TPSA) is 89.9 Å². The summed E-state index contributed by atoms with van der Waals surface area (Å²) in [4.78, 5) is 30.4. The SMILES string of the molecule is C=N/C(=C\C=C/CCNCc1cccc(C(=O)OC)n1)C(=O)OC. The van der Waals surface area contributed by atoms with Crippen molar-refractivity contribution in [2.45, 2.75) is 13.0 Å². The number of aromatic nitrogens is 1. The molecule has 0 saturated carbocycles. The normalized spacial score (nSPS) is 11.3. The second-order valence-electron chi connectivity index (χ2n) is 4.60. The van der Waals surface area contributed by atoms with Gasteiger partial charge in [-0.05, 0) is 37.9 Å². The molecule has 7 heteroatoms. The maximum atomic E-state index is 11.4. The fourth-order valence-corrected chi connectivity index (χ4v) is 1.74. The molecule has 24 heavy (non-hydrogen) atoms. The molecule has 7 nitrogen and oxygen atoms in total. The number of hydrogen-bond donors (Lipinski definition) is 1. The van der Waals surface area contributed by atoms with Gasteiger partial charge in [0.25, 0.3) is 0 Å². The molecule has 0 saturated heterocycles. The van der Waals surface area contributed by atoms with Gasteiger partial charge in [-0.1, -0.05) is 18.2 Å². The number of ether oxygens (including phenoxy) is 2. The molecule has 1 aromatic rings. The predicted molar refractivity (Wildman–Crippen MR) is 90.7 cm³/mol. The first-order valence-corrected chi connectivity index (χ1v) is 7.29. The van der Waals surface area contributed by atoms with Crippen LogP contribution in [0.25, 0.3) is 0 Å². The van der Waals surface area contributed by atoms with Crippen molar-refractivity contribution in [3.8, 4) is 0 Å². The Morgan fingerprint density at radius 3 is 2.79 bits per heavy atom. The van der Waals surface area contributed by atoms with Crippen molar-refractivity contribution in [1.82, 2.24) is 10.3 Å². The zero-order valence-corrected chi connectivity index (χ0v) is 13.8. The van der Waals surface area contributed by atoms with Gasteiger partial charge in [0.05, 0.1) is 19.9 Å². The summed E-state index contributed by atoms with van der Waals surface area (Å²) in [6, 6.07) is 5.20. The fourth-order valence-electron chi connectivity index (χ4n) is 1.74. The minimum absolute atomic E-state index is 0.158. The molecule has 0 aliphatic heterocycles. The summed E-state index contributed by atoms with van der Waals surface area (Å²) in [6.45, 7) is 4.56. The van der Waals surface area contributed by atoms with Gasteiger partial charge in [0.2, 0.25) is 0 Å². The number of pyridine rings is 1. The maximum Gasteiger partial charge on any atom is 0.356 e. The number of hydrogen-bond acceptors (Lipinski definition) is 7. The number of nitrogens with one attached hydrogen (secondary N) is 1. The summed E-state index contributed by atoms with van der Waals surface area (Å²) >= 11 is 0. The number of carbonyl (C=O) groups excluding carboxylic acids is 2. The minimum atomic E-state index is -0.524. The maximum absolute atomic E-state index is 11.4. The van der Waals surface area contributed by atoms with Crippen molar-refractivity contribution in [2.75, 3.05) is 20.8 Å². The molecular weight excluding hydrogens is 310 g/mol. The first kappa shape index (κ1) is 19.2. The second-order valence-corrected chi connectivity index (χ2v) is 4.60. The Morgan fingerprint density at radius 1 is 1.33 bits per heavy atom. The van der Waals surface area contributed by atoms with Crippen LogP contribution in [0.5, 0.6) is 0 Å². The summed E-state index contributed by atoms with van der Waals surface area (Å²) in [7, 11) is 2.61. The highest BCUT2D eigenvalue weighted by Crippen LogP contribution is 2.01. The number of esters is 2. The van der Waals surface area contributed by atoms with E-state index >= 15 is 0 Å². The van der Waals surface area contributed by atoms with Crippen LogP contribution in [-0.4, -0.2) is 44.4 Å². The predicted octanol–water partition coefficient (Wildman–Crippen LogP) is 1.66. The minimum Gasteiger partial charge on any atom is -0.464 e. The molecule has 0 amide bonds. The Kier molecular flexibility index (Phi) is 8.70. The summed E-state index contributed by atoms with van der Waals surface area (Å²) in [5.74, 6) is -0.979. The Bertz CT molecular complexity index is 638. The van der Waals surface area contributed by atoms with E-state index in [4.69, 9.17) is 0 Å². The van der Waals surface area contributed by atoms with Gasteiger partial charge in [-0.15, -0.1) is 0 Å². The van der Waals surface area contributed by atoms with E-state index in [2.05, 4.69) is 31.5 Å². The number of aliphatic imine (C=N–C) groups is 1. The Morgan fingerprint density at radius 2 is 2.12 bits per heavy atom. The van der Waals surface area contributed by atoms with Crippen LogP contribution in [0.2, 0.25) is 0 Å². The molecule has 0 unspecified atom stereocenters. The highest BCUT2D eigenvalue weighted by Gasteiger charge is 2.07. The van der Waals surface area contributed by atoms with Crippen molar-refractivity contribution in [3.05, 3.63) is 53.5 Å². The summed E-state index contributed by atoms with van der Waals surface area (Å²) in [5, 5.41) is 3.21. The van der Waals surface area contributed by atoms with E-state index in [0.717, 1.165) is 12.1 Å². The van der Waals surface area contributed by atoms with Crippen LogP contribution < -0.4 is 5.32 Å². The molecule has 1 aromatic heterocycles. The van der Waals surface area contributed by atoms with E-state index in [9.17, 15) is 9.59 Å². The van der Waals surface area contributed by atoms with E-state index in [0.29, 0.717) is 13.1 Å². The summed E-state index contributed by atoms with van der Waals surface area (Å²) < 4.78 is 9.19. The molecular formula is C17H21N3O4. The molecule has 0 fully saturated rings. The average molecular weight is 331 g/mol. The Labute approximate surface area is 141 Å². The van der Waals surface area contributed by atoms with Crippen molar-refractivity contribution in [1.29, 1.82) is 0 Å². The van der Waals surface area contributed by atoms with E-state index in [1.165, 1.54) is 14.2 Å². The van der Waals surface area contributed by atoms with Crippen molar-refractivity contribution in [2.24, 2.45) is 4.99 Å². The van der Waals surface area contributed by atoms with E-state index in [1.807, 2.05) is 12.1 Å². The van der Waals surface area contributed by atoms with Crippen LogP contribution in [0.1, 0.15) is 22.6 Å². The van der Waals surface area contributed by atoms with Gasteiger partial charge in [0, 0.05) is 6.54 Å². The van der Waals surface area contributed by atoms with E-state index < -0.39 is 11.9 Å². The molecule has 1 N–H and O–H groups in total. The van der Waals surface area contributed by atoms with Gasteiger partial charge in [0.15, 0.2) is 0 Å². The number of allylic oxidation sites excluding steroid dienone is 2. The molecule has 128 valence electrons. The summed E-state index contributed by atoms with van der Waals surface area (Å²) in [6.07, 6.45) is 5.90. The molecule has 0 aromatic carbocycles. The second kappa shape index (κ2) is 10.8. The van der Waals surface area contributed by atoms with Crippen molar-refractivity contribution < 1.29 is 19.1 Å². The van der Waals surface area contributed by atoms with Crippen LogP contribution in [0.15, 0.2) is 47.1 Å². The standard InChI is InChI=1S/C17H21N3O4/c1-18-14(16(21)23-2)9-5-4-6-11-19-12-13-8-7-10-15(20-13)17(22)24-3/h4-5,7-10,19H,1,6,11-12H2,2-3H3/b5-4-,14-9-. The highest BCUT2D eigenvalue weighted by atomic mass is 16.5. The number of methoxy groups -OCH3 is 2. The quantitative estimate of drug-likeness (QED) is 0.243.